The van der Waals surface area contributed by atoms with E-state index in [0.29, 0.717) is 28.5 Å². The number of piperazine rings is 1. The molecule has 4 rings (SSSR count). The molecule has 7 nitrogen and oxygen atoms in total. The number of hydrogen-bond acceptors (Lipinski definition) is 7. The van der Waals surface area contributed by atoms with Gasteiger partial charge in [-0.05, 0) is 43.4 Å². The highest BCUT2D eigenvalue weighted by Gasteiger charge is 2.28. The van der Waals surface area contributed by atoms with Crippen LogP contribution in [0.5, 0.6) is 0 Å². The molecule has 1 unspecified atom stereocenters. The normalized spacial score (nSPS) is 20.1. The molecule has 144 valence electrons. The van der Waals surface area contributed by atoms with Gasteiger partial charge in [0, 0.05) is 36.8 Å². The minimum absolute atomic E-state index is 0.0805. The zero-order valence-electron chi connectivity index (χ0n) is 15.2. The Kier molecular flexibility index (Phi) is 5.58. The zero-order chi connectivity index (χ0) is 18.8. The van der Waals surface area contributed by atoms with Crippen molar-refractivity contribution in [3.8, 4) is 11.4 Å². The van der Waals surface area contributed by atoms with Gasteiger partial charge >= 0.3 is 0 Å². The Hall–Kier alpha value is -1.74. The highest BCUT2D eigenvalue weighted by Crippen LogP contribution is 2.24. The summed E-state index contributed by atoms with van der Waals surface area (Å²) < 4.78 is 10.9. The lowest BCUT2D eigenvalue weighted by atomic mass is 10.2. The van der Waals surface area contributed by atoms with Gasteiger partial charge in [0.25, 0.3) is 5.17 Å². The van der Waals surface area contributed by atoms with E-state index in [1.54, 1.807) is 0 Å². The van der Waals surface area contributed by atoms with E-state index in [-0.39, 0.29) is 6.04 Å². The van der Waals surface area contributed by atoms with Crippen LogP contribution in [0, 0.1) is 0 Å². The van der Waals surface area contributed by atoms with E-state index in [2.05, 4.69) is 31.8 Å². The number of hydrogen-bond donors (Lipinski definition) is 0. The minimum Gasteiger partial charge on any atom is -0.469 e. The maximum atomic E-state index is 5.94. The average molecular weight is 408 g/mol. The first-order valence-corrected chi connectivity index (χ1v) is 9.86. The molecule has 3 heterocycles. The Labute approximate surface area is 168 Å². The molecular formula is C18H22ClN5O2S. The Bertz CT molecular complexity index is 791. The molecule has 0 saturated carbocycles. The van der Waals surface area contributed by atoms with E-state index < -0.39 is 0 Å². The Balaban J connectivity index is 1.33. The van der Waals surface area contributed by atoms with Gasteiger partial charge in [0.1, 0.15) is 6.61 Å². The van der Waals surface area contributed by atoms with Crippen molar-refractivity contribution in [2.75, 3.05) is 46.0 Å². The van der Waals surface area contributed by atoms with Crippen molar-refractivity contribution in [1.82, 2.24) is 24.8 Å². The molecule has 0 aliphatic carbocycles. The average Bonchev–Trinajstić information content (AvgIpc) is 3.32. The number of nitrogens with zero attached hydrogens (tertiary/aromatic N) is 5. The first kappa shape index (κ1) is 18.6. The molecule has 0 radical (unpaired) electrons. The van der Waals surface area contributed by atoms with Gasteiger partial charge in [-0.25, -0.2) is 0 Å². The fourth-order valence-electron chi connectivity index (χ4n) is 3.36. The van der Waals surface area contributed by atoms with E-state index in [1.807, 2.05) is 24.3 Å². The van der Waals surface area contributed by atoms with Gasteiger partial charge in [0.05, 0.1) is 19.3 Å². The molecule has 1 atom stereocenters. The van der Waals surface area contributed by atoms with E-state index in [9.17, 15) is 0 Å². The Morgan fingerprint density at radius 2 is 1.89 bits per heavy atom. The van der Waals surface area contributed by atoms with Crippen molar-refractivity contribution in [1.29, 1.82) is 0 Å². The molecule has 2 aliphatic heterocycles. The molecule has 0 amide bonds. The standard InChI is InChI=1S/C18H22ClN5O2S/c1-13(17-20-16(21-26-17)14-2-4-15(19)5-3-14)23-8-6-22(7-9-23)12-24-10-11-25-18(24)27/h2-5,13H,6-12H2,1H3. The second kappa shape index (κ2) is 8.10. The van der Waals surface area contributed by atoms with E-state index in [1.165, 1.54) is 0 Å². The molecule has 2 aromatic rings. The summed E-state index contributed by atoms with van der Waals surface area (Å²) in [6.45, 7) is 8.36. The quantitative estimate of drug-likeness (QED) is 0.701. The van der Waals surface area contributed by atoms with Crippen molar-refractivity contribution in [2.45, 2.75) is 13.0 Å². The van der Waals surface area contributed by atoms with Crippen molar-refractivity contribution in [3.05, 3.63) is 35.2 Å². The van der Waals surface area contributed by atoms with Crippen LogP contribution in [0.2, 0.25) is 5.02 Å². The van der Waals surface area contributed by atoms with Crippen LogP contribution in [0.4, 0.5) is 0 Å². The van der Waals surface area contributed by atoms with Gasteiger partial charge in [0.2, 0.25) is 11.7 Å². The molecule has 2 fully saturated rings. The number of aromatic nitrogens is 2. The van der Waals surface area contributed by atoms with Crippen molar-refractivity contribution < 1.29 is 9.26 Å². The first-order chi connectivity index (χ1) is 13.1. The molecule has 2 aliphatic rings. The molecule has 1 aromatic heterocycles. The Morgan fingerprint density at radius 1 is 1.15 bits per heavy atom. The van der Waals surface area contributed by atoms with Gasteiger partial charge in [-0.3, -0.25) is 9.80 Å². The SMILES string of the molecule is CC(c1nc(-c2ccc(Cl)cc2)no1)N1CCN(CN2CCOC2=S)CC1. The molecule has 0 spiro atoms. The van der Waals surface area contributed by atoms with Gasteiger partial charge < -0.3 is 14.2 Å². The van der Waals surface area contributed by atoms with E-state index in [0.717, 1.165) is 45.0 Å². The first-order valence-electron chi connectivity index (χ1n) is 9.08. The molecule has 0 N–H and O–H groups in total. The molecule has 2 saturated heterocycles. The van der Waals surface area contributed by atoms with Crippen LogP contribution in [0.1, 0.15) is 18.9 Å². The van der Waals surface area contributed by atoms with Crippen LogP contribution in [0.3, 0.4) is 0 Å². The third-order valence-electron chi connectivity index (χ3n) is 5.07. The summed E-state index contributed by atoms with van der Waals surface area (Å²) in [5.74, 6) is 1.23. The van der Waals surface area contributed by atoms with Crippen LogP contribution < -0.4 is 0 Å². The van der Waals surface area contributed by atoms with Crippen LogP contribution in [0.15, 0.2) is 28.8 Å². The number of thiocarbonyl (C=S) groups is 1. The largest absolute Gasteiger partial charge is 0.469 e. The molecule has 9 heteroatoms. The second-order valence-corrected chi connectivity index (χ2v) is 7.60. The lowest BCUT2D eigenvalue weighted by Crippen LogP contribution is -2.50. The maximum Gasteiger partial charge on any atom is 0.260 e. The fraction of sp³-hybridized carbons (Fsp3) is 0.500. The third-order valence-corrected chi connectivity index (χ3v) is 5.70. The molecule has 0 bridgehead atoms. The minimum atomic E-state index is 0.0805. The number of ether oxygens (including phenoxy) is 1. The van der Waals surface area contributed by atoms with Crippen LogP contribution in [-0.4, -0.2) is 76.0 Å². The summed E-state index contributed by atoms with van der Waals surface area (Å²) in [6.07, 6.45) is 0. The van der Waals surface area contributed by atoms with Gasteiger partial charge in [-0.15, -0.1) is 0 Å². The van der Waals surface area contributed by atoms with Gasteiger partial charge in [-0.1, -0.05) is 16.8 Å². The smallest absolute Gasteiger partial charge is 0.260 e. The predicted octanol–water partition coefficient (Wildman–Crippen LogP) is 2.64. The summed E-state index contributed by atoms with van der Waals surface area (Å²) in [5.41, 5.74) is 0.898. The third kappa shape index (κ3) is 4.24. The maximum absolute atomic E-state index is 5.94. The highest BCUT2D eigenvalue weighted by molar-refractivity contribution is 7.80. The number of rotatable bonds is 5. The molecule has 27 heavy (non-hydrogen) atoms. The topological polar surface area (TPSA) is 57.9 Å². The van der Waals surface area contributed by atoms with E-state index >= 15 is 0 Å². The molecule has 1 aromatic carbocycles. The van der Waals surface area contributed by atoms with Gasteiger partial charge in [-0.2, -0.15) is 4.98 Å². The van der Waals surface area contributed by atoms with Crippen molar-refractivity contribution in [2.24, 2.45) is 0 Å². The fourth-order valence-corrected chi connectivity index (χ4v) is 3.72. The van der Waals surface area contributed by atoms with Crippen molar-refractivity contribution in [3.63, 3.8) is 0 Å². The van der Waals surface area contributed by atoms with Crippen LogP contribution >= 0.6 is 23.8 Å². The summed E-state index contributed by atoms with van der Waals surface area (Å²) >= 11 is 11.2. The summed E-state index contributed by atoms with van der Waals surface area (Å²) in [5, 5.41) is 5.43. The summed E-state index contributed by atoms with van der Waals surface area (Å²) in [6, 6.07) is 7.52. The lowest BCUT2D eigenvalue weighted by molar-refractivity contribution is 0.0696. The lowest BCUT2D eigenvalue weighted by Gasteiger charge is -2.38. The zero-order valence-corrected chi connectivity index (χ0v) is 16.7. The second-order valence-electron chi connectivity index (χ2n) is 6.81. The monoisotopic (exact) mass is 407 g/mol. The predicted molar refractivity (Wildman–Crippen MR) is 106 cm³/mol. The number of benzene rings is 1. The Morgan fingerprint density at radius 3 is 2.56 bits per heavy atom. The highest BCUT2D eigenvalue weighted by atomic mass is 35.5. The summed E-state index contributed by atoms with van der Waals surface area (Å²) in [7, 11) is 0. The van der Waals surface area contributed by atoms with Crippen molar-refractivity contribution >= 4 is 29.0 Å². The van der Waals surface area contributed by atoms with E-state index in [4.69, 9.17) is 33.1 Å². The van der Waals surface area contributed by atoms with Crippen LogP contribution in [-0.2, 0) is 4.74 Å². The molecular weight excluding hydrogens is 386 g/mol. The number of halogens is 1. The van der Waals surface area contributed by atoms with Crippen LogP contribution in [0.25, 0.3) is 11.4 Å². The van der Waals surface area contributed by atoms with Gasteiger partial charge in [0.15, 0.2) is 0 Å². The summed E-state index contributed by atoms with van der Waals surface area (Å²) in [4.78, 5) is 11.5.